The third kappa shape index (κ3) is 3.21. The highest BCUT2D eigenvalue weighted by atomic mass is 16.5. The fourth-order valence-corrected chi connectivity index (χ4v) is 3.49. The number of benzene rings is 1. The number of likely N-dealkylation sites (tertiary alicyclic amines) is 1. The topological polar surface area (TPSA) is 90.8 Å². The summed E-state index contributed by atoms with van der Waals surface area (Å²) in [6.45, 7) is 2.50. The van der Waals surface area contributed by atoms with E-state index in [-0.39, 0.29) is 17.6 Å². The Bertz CT molecular complexity index is 993. The number of amides is 1. The molecule has 0 spiro atoms. The van der Waals surface area contributed by atoms with Gasteiger partial charge in [-0.25, -0.2) is 0 Å². The van der Waals surface area contributed by atoms with E-state index in [1.54, 1.807) is 37.3 Å². The van der Waals surface area contributed by atoms with Crippen LogP contribution in [0.2, 0.25) is 0 Å². The Balaban J connectivity index is 1.58. The van der Waals surface area contributed by atoms with Crippen LogP contribution >= 0.6 is 0 Å². The van der Waals surface area contributed by atoms with Crippen LogP contribution in [0.5, 0.6) is 11.5 Å². The molecule has 1 atom stereocenters. The maximum atomic E-state index is 13.0. The van der Waals surface area contributed by atoms with Crippen LogP contribution in [0.3, 0.4) is 0 Å². The summed E-state index contributed by atoms with van der Waals surface area (Å²) in [5.74, 6) is 2.18. The largest absolute Gasteiger partial charge is 0.493 e. The fraction of sp³-hybridized carbons (Fsp3) is 0.350. The molecular formula is C20H21N3O5. The molecule has 1 aliphatic heterocycles. The predicted octanol–water partition coefficient (Wildman–Crippen LogP) is 3.63. The zero-order valence-electron chi connectivity index (χ0n) is 16.0. The molecule has 8 heteroatoms. The standard InChI is InChI=1S/C20H21N3O5/c1-12-9-18(28-21-12)15-5-4-8-23(15)20(24)14-11-17(27-22-14)13-6-7-16(25-2)19(10-13)26-3/h6-7,9-11,15H,4-5,8H2,1-3H3/t15-/m1/s1. The number of rotatable bonds is 5. The van der Waals surface area contributed by atoms with Crippen molar-refractivity contribution in [3.8, 4) is 22.8 Å². The zero-order chi connectivity index (χ0) is 19.7. The van der Waals surface area contributed by atoms with Crippen molar-refractivity contribution in [3.05, 3.63) is 47.5 Å². The second-order valence-electron chi connectivity index (χ2n) is 6.67. The molecule has 0 aliphatic carbocycles. The van der Waals surface area contributed by atoms with E-state index < -0.39 is 0 Å². The number of nitrogens with zero attached hydrogens (tertiary/aromatic N) is 3. The first-order valence-electron chi connectivity index (χ1n) is 9.04. The van der Waals surface area contributed by atoms with Crippen molar-refractivity contribution in [1.29, 1.82) is 0 Å². The SMILES string of the molecule is COc1ccc(-c2cc(C(=O)N3CCC[C@@H]3c3cc(C)no3)no2)cc1OC. The highest BCUT2D eigenvalue weighted by molar-refractivity contribution is 5.93. The van der Waals surface area contributed by atoms with E-state index in [1.165, 1.54) is 0 Å². The number of methoxy groups -OCH3 is 2. The van der Waals surface area contributed by atoms with Gasteiger partial charge in [0.1, 0.15) is 0 Å². The van der Waals surface area contributed by atoms with Crippen molar-refractivity contribution in [2.24, 2.45) is 0 Å². The van der Waals surface area contributed by atoms with Gasteiger partial charge >= 0.3 is 0 Å². The van der Waals surface area contributed by atoms with Gasteiger partial charge in [-0.1, -0.05) is 10.3 Å². The Kier molecular flexibility index (Phi) is 4.77. The van der Waals surface area contributed by atoms with E-state index in [0.717, 1.165) is 24.1 Å². The van der Waals surface area contributed by atoms with E-state index in [1.807, 2.05) is 19.1 Å². The molecular weight excluding hydrogens is 362 g/mol. The monoisotopic (exact) mass is 383 g/mol. The number of aromatic nitrogens is 2. The predicted molar refractivity (Wildman–Crippen MR) is 99.3 cm³/mol. The second-order valence-corrected chi connectivity index (χ2v) is 6.67. The Morgan fingerprint density at radius 3 is 2.64 bits per heavy atom. The van der Waals surface area contributed by atoms with Crippen LogP contribution in [-0.4, -0.2) is 41.9 Å². The summed E-state index contributed by atoms with van der Waals surface area (Å²) in [4.78, 5) is 14.8. The summed E-state index contributed by atoms with van der Waals surface area (Å²) < 4.78 is 21.4. The van der Waals surface area contributed by atoms with Gasteiger partial charge in [-0.15, -0.1) is 0 Å². The molecule has 0 saturated carbocycles. The van der Waals surface area contributed by atoms with Gasteiger partial charge in [0.15, 0.2) is 28.7 Å². The zero-order valence-corrected chi connectivity index (χ0v) is 16.0. The lowest BCUT2D eigenvalue weighted by Gasteiger charge is -2.21. The summed E-state index contributed by atoms with van der Waals surface area (Å²) in [5, 5.41) is 7.92. The molecule has 0 radical (unpaired) electrons. The molecule has 0 N–H and O–H groups in total. The Morgan fingerprint density at radius 1 is 1.11 bits per heavy atom. The Labute approximate surface area is 162 Å². The molecule has 8 nitrogen and oxygen atoms in total. The quantitative estimate of drug-likeness (QED) is 0.664. The van der Waals surface area contributed by atoms with Crippen LogP contribution in [-0.2, 0) is 0 Å². The second kappa shape index (κ2) is 7.38. The summed E-state index contributed by atoms with van der Waals surface area (Å²) in [6.07, 6.45) is 1.73. The molecule has 1 fully saturated rings. The van der Waals surface area contributed by atoms with Gasteiger partial charge in [0.25, 0.3) is 5.91 Å². The maximum absolute atomic E-state index is 13.0. The molecule has 4 rings (SSSR count). The first-order chi connectivity index (χ1) is 13.6. The maximum Gasteiger partial charge on any atom is 0.276 e. The van der Waals surface area contributed by atoms with Gasteiger partial charge in [-0.3, -0.25) is 4.79 Å². The van der Waals surface area contributed by atoms with Crippen molar-refractivity contribution in [2.75, 3.05) is 20.8 Å². The van der Waals surface area contributed by atoms with Gasteiger partial charge in [-0.2, -0.15) is 0 Å². The fourth-order valence-electron chi connectivity index (χ4n) is 3.49. The molecule has 0 unspecified atom stereocenters. The van der Waals surface area contributed by atoms with Crippen LogP contribution < -0.4 is 9.47 Å². The van der Waals surface area contributed by atoms with Crippen LogP contribution in [0, 0.1) is 6.92 Å². The third-order valence-electron chi connectivity index (χ3n) is 4.89. The normalized spacial score (nSPS) is 16.4. The summed E-state index contributed by atoms with van der Waals surface area (Å²) in [5.41, 5.74) is 1.80. The average molecular weight is 383 g/mol. The van der Waals surface area contributed by atoms with Crippen LogP contribution in [0.4, 0.5) is 0 Å². The van der Waals surface area contributed by atoms with Crippen molar-refractivity contribution < 1.29 is 23.3 Å². The number of hydrogen-bond acceptors (Lipinski definition) is 7. The molecule has 2 aromatic heterocycles. The minimum Gasteiger partial charge on any atom is -0.493 e. The summed E-state index contributed by atoms with van der Waals surface area (Å²) in [7, 11) is 3.14. The van der Waals surface area contributed by atoms with Gasteiger partial charge in [0.2, 0.25) is 0 Å². The Hall–Kier alpha value is -3.29. The number of carbonyl (C=O) groups is 1. The van der Waals surface area contributed by atoms with Crippen LogP contribution in [0.15, 0.2) is 39.4 Å². The van der Waals surface area contributed by atoms with Crippen LogP contribution in [0.25, 0.3) is 11.3 Å². The molecule has 3 heterocycles. The molecule has 28 heavy (non-hydrogen) atoms. The first kappa shape index (κ1) is 18.1. The van der Waals surface area contributed by atoms with Crippen molar-refractivity contribution in [1.82, 2.24) is 15.2 Å². The number of aryl methyl sites for hydroxylation is 1. The lowest BCUT2D eigenvalue weighted by molar-refractivity contribution is 0.0704. The lowest BCUT2D eigenvalue weighted by atomic mass is 10.1. The van der Waals surface area contributed by atoms with E-state index in [9.17, 15) is 4.79 Å². The molecule has 1 saturated heterocycles. The number of hydrogen-bond donors (Lipinski definition) is 0. The lowest BCUT2D eigenvalue weighted by Crippen LogP contribution is -2.30. The molecule has 1 amide bonds. The third-order valence-corrected chi connectivity index (χ3v) is 4.89. The Morgan fingerprint density at radius 2 is 1.93 bits per heavy atom. The smallest absolute Gasteiger partial charge is 0.276 e. The number of carbonyl (C=O) groups excluding carboxylic acids is 1. The molecule has 146 valence electrons. The molecule has 1 aliphatic rings. The highest BCUT2D eigenvalue weighted by Gasteiger charge is 2.34. The first-order valence-corrected chi connectivity index (χ1v) is 9.04. The average Bonchev–Trinajstić information content (AvgIpc) is 3.46. The van der Waals surface area contributed by atoms with Gasteiger partial charge in [0, 0.05) is 24.2 Å². The van der Waals surface area contributed by atoms with Crippen LogP contribution in [0.1, 0.15) is 40.8 Å². The van der Waals surface area contributed by atoms with Gasteiger partial charge < -0.3 is 23.4 Å². The summed E-state index contributed by atoms with van der Waals surface area (Å²) in [6, 6.07) is 8.77. The molecule has 0 bridgehead atoms. The molecule has 1 aromatic carbocycles. The molecule has 3 aromatic rings. The van der Waals surface area contributed by atoms with Crippen molar-refractivity contribution in [2.45, 2.75) is 25.8 Å². The van der Waals surface area contributed by atoms with Crippen molar-refractivity contribution in [3.63, 3.8) is 0 Å². The van der Waals surface area contributed by atoms with Gasteiger partial charge in [0.05, 0.1) is 26.0 Å². The van der Waals surface area contributed by atoms with Crippen molar-refractivity contribution >= 4 is 5.91 Å². The number of ether oxygens (including phenoxy) is 2. The minimum absolute atomic E-state index is 0.130. The minimum atomic E-state index is -0.188. The highest BCUT2D eigenvalue weighted by Crippen LogP contribution is 2.35. The van der Waals surface area contributed by atoms with E-state index >= 15 is 0 Å². The van der Waals surface area contributed by atoms with E-state index in [2.05, 4.69) is 10.3 Å². The summed E-state index contributed by atoms with van der Waals surface area (Å²) >= 11 is 0. The van der Waals surface area contributed by atoms with E-state index in [0.29, 0.717) is 29.6 Å². The van der Waals surface area contributed by atoms with Gasteiger partial charge in [-0.05, 0) is 38.0 Å². The van der Waals surface area contributed by atoms with E-state index in [4.69, 9.17) is 18.5 Å².